The zero-order chi connectivity index (χ0) is 5.86. The Morgan fingerprint density at radius 3 is 2.14 bits per heavy atom. The molecule has 0 saturated heterocycles. The Bertz CT molecular complexity index is 76.1. The number of hydrogen-bond donors (Lipinski definition) is 0. The summed E-state index contributed by atoms with van der Waals surface area (Å²) >= 11 is 5.28. The fourth-order valence-corrected chi connectivity index (χ4v) is 0.293. The van der Waals surface area contributed by atoms with Crippen molar-refractivity contribution in [1.29, 1.82) is 0 Å². The Morgan fingerprint density at radius 2 is 2.14 bits per heavy atom. The standard InChI is InChI=1S/C5H9ClN/c1-5(4-6)7(2)3/h4H,1H2,2-3H3/b5-4-. The predicted octanol–water partition coefficient (Wildman–Crippen LogP) is 1.46. The highest BCUT2D eigenvalue weighted by Gasteiger charge is 1.84. The van der Waals surface area contributed by atoms with Crippen LogP contribution in [0.5, 0.6) is 0 Å². The average molecular weight is 119 g/mol. The van der Waals surface area contributed by atoms with Gasteiger partial charge in [-0.2, -0.15) is 0 Å². The van der Waals surface area contributed by atoms with Gasteiger partial charge in [0.15, 0.2) is 0 Å². The normalized spacial score (nSPS) is 11.7. The van der Waals surface area contributed by atoms with Crippen LogP contribution in [-0.2, 0) is 0 Å². The SMILES string of the molecule is [CH2]/C(=C/Cl)N(C)C. The van der Waals surface area contributed by atoms with E-state index in [0.29, 0.717) is 0 Å². The van der Waals surface area contributed by atoms with Crippen molar-refractivity contribution >= 4 is 11.6 Å². The molecular weight excluding hydrogens is 110 g/mol. The first-order chi connectivity index (χ1) is 3.18. The topological polar surface area (TPSA) is 3.24 Å². The van der Waals surface area contributed by atoms with E-state index in [1.165, 1.54) is 5.54 Å². The van der Waals surface area contributed by atoms with Gasteiger partial charge in [0.1, 0.15) is 0 Å². The minimum Gasteiger partial charge on any atom is -0.380 e. The molecule has 1 radical (unpaired) electrons. The molecule has 41 valence electrons. The van der Waals surface area contributed by atoms with Crippen molar-refractivity contribution in [2.24, 2.45) is 0 Å². The lowest BCUT2D eigenvalue weighted by atomic mass is 10.5. The predicted molar refractivity (Wildman–Crippen MR) is 33.0 cm³/mol. The molecule has 0 amide bonds. The van der Waals surface area contributed by atoms with Gasteiger partial charge < -0.3 is 4.90 Å². The monoisotopic (exact) mass is 118 g/mol. The molecule has 0 aliphatic rings. The van der Waals surface area contributed by atoms with Crippen LogP contribution in [0.2, 0.25) is 0 Å². The summed E-state index contributed by atoms with van der Waals surface area (Å²) in [4.78, 5) is 1.84. The molecule has 0 unspecified atom stereocenters. The summed E-state index contributed by atoms with van der Waals surface area (Å²) in [6.45, 7) is 3.61. The number of halogens is 1. The van der Waals surface area contributed by atoms with Gasteiger partial charge in [-0.05, 0) is 6.92 Å². The molecule has 7 heavy (non-hydrogen) atoms. The van der Waals surface area contributed by atoms with Crippen LogP contribution in [0.3, 0.4) is 0 Å². The van der Waals surface area contributed by atoms with Gasteiger partial charge in [0.05, 0.1) is 0 Å². The molecule has 0 aliphatic heterocycles. The summed E-state index contributed by atoms with van der Waals surface area (Å²) in [7, 11) is 3.78. The summed E-state index contributed by atoms with van der Waals surface area (Å²) in [6.07, 6.45) is 0. The Morgan fingerprint density at radius 1 is 1.71 bits per heavy atom. The molecule has 0 aromatic rings. The van der Waals surface area contributed by atoms with Crippen LogP contribution in [0, 0.1) is 6.92 Å². The van der Waals surface area contributed by atoms with Gasteiger partial charge in [-0.15, -0.1) is 0 Å². The molecule has 0 N–H and O–H groups in total. The molecule has 0 bridgehead atoms. The van der Waals surface area contributed by atoms with Gasteiger partial charge in [-0.3, -0.25) is 0 Å². The molecule has 0 atom stereocenters. The molecule has 0 aliphatic carbocycles. The number of allylic oxidation sites excluding steroid dienone is 1. The van der Waals surface area contributed by atoms with Crippen LogP contribution in [0.1, 0.15) is 0 Å². The summed E-state index contributed by atoms with van der Waals surface area (Å²) < 4.78 is 0. The maximum Gasteiger partial charge on any atom is 0.0246 e. The van der Waals surface area contributed by atoms with E-state index in [1.807, 2.05) is 19.0 Å². The van der Waals surface area contributed by atoms with Gasteiger partial charge in [-0.1, -0.05) is 11.6 Å². The van der Waals surface area contributed by atoms with E-state index in [9.17, 15) is 0 Å². The molecular formula is C5H9ClN. The van der Waals surface area contributed by atoms with Crippen molar-refractivity contribution in [3.05, 3.63) is 18.2 Å². The fraction of sp³-hybridized carbons (Fsp3) is 0.400. The van der Waals surface area contributed by atoms with E-state index in [1.54, 1.807) is 0 Å². The number of nitrogens with zero attached hydrogens (tertiary/aromatic N) is 1. The summed E-state index contributed by atoms with van der Waals surface area (Å²) in [5.41, 5.74) is 2.27. The minimum atomic E-state index is 0.821. The first kappa shape index (κ1) is 6.83. The van der Waals surface area contributed by atoms with Crippen LogP contribution >= 0.6 is 11.6 Å². The zero-order valence-electron chi connectivity index (χ0n) is 4.61. The van der Waals surface area contributed by atoms with Crippen molar-refractivity contribution in [2.45, 2.75) is 0 Å². The van der Waals surface area contributed by atoms with Crippen LogP contribution in [0.25, 0.3) is 0 Å². The van der Waals surface area contributed by atoms with Crippen LogP contribution in [0.15, 0.2) is 11.2 Å². The number of rotatable bonds is 1. The molecule has 0 aromatic carbocycles. The smallest absolute Gasteiger partial charge is 0.0246 e. The Labute approximate surface area is 49.6 Å². The Hall–Kier alpha value is -0.170. The van der Waals surface area contributed by atoms with Crippen molar-refractivity contribution in [3.8, 4) is 0 Å². The van der Waals surface area contributed by atoms with E-state index >= 15 is 0 Å². The lowest BCUT2D eigenvalue weighted by Crippen LogP contribution is -2.06. The zero-order valence-corrected chi connectivity index (χ0v) is 5.37. The quantitative estimate of drug-likeness (QED) is 0.504. The highest BCUT2D eigenvalue weighted by molar-refractivity contribution is 6.25. The lowest BCUT2D eigenvalue weighted by molar-refractivity contribution is 0.530. The fourth-order valence-electron chi connectivity index (χ4n) is 0.0976. The van der Waals surface area contributed by atoms with E-state index in [0.717, 1.165) is 5.70 Å². The average Bonchev–Trinajstić information content (AvgIpc) is 1.65. The Kier molecular flexibility index (Phi) is 2.84. The van der Waals surface area contributed by atoms with E-state index in [2.05, 4.69) is 6.92 Å². The third-order valence-electron chi connectivity index (χ3n) is 0.700. The highest BCUT2D eigenvalue weighted by Crippen LogP contribution is 1.95. The van der Waals surface area contributed by atoms with Gasteiger partial charge in [0, 0.05) is 25.3 Å². The van der Waals surface area contributed by atoms with Crippen molar-refractivity contribution in [1.82, 2.24) is 4.90 Å². The van der Waals surface area contributed by atoms with Crippen LogP contribution < -0.4 is 0 Å². The first-order valence-corrected chi connectivity index (χ1v) is 2.41. The highest BCUT2D eigenvalue weighted by atomic mass is 35.5. The maximum atomic E-state index is 5.28. The maximum absolute atomic E-state index is 5.28. The van der Waals surface area contributed by atoms with E-state index in [-0.39, 0.29) is 0 Å². The second kappa shape index (κ2) is 2.92. The molecule has 0 heterocycles. The second-order valence-corrected chi connectivity index (χ2v) is 1.71. The molecule has 0 spiro atoms. The molecule has 2 heteroatoms. The van der Waals surface area contributed by atoms with Gasteiger partial charge in [-0.25, -0.2) is 0 Å². The van der Waals surface area contributed by atoms with Crippen molar-refractivity contribution in [2.75, 3.05) is 14.1 Å². The number of hydrogen-bond acceptors (Lipinski definition) is 1. The minimum absolute atomic E-state index is 0.821. The molecule has 1 nitrogen and oxygen atoms in total. The largest absolute Gasteiger partial charge is 0.380 e. The molecule has 0 fully saturated rings. The molecule has 0 rings (SSSR count). The van der Waals surface area contributed by atoms with Crippen LogP contribution in [0.4, 0.5) is 0 Å². The van der Waals surface area contributed by atoms with Crippen molar-refractivity contribution in [3.63, 3.8) is 0 Å². The molecule has 0 aromatic heterocycles. The summed E-state index contributed by atoms with van der Waals surface area (Å²) in [6, 6.07) is 0. The lowest BCUT2D eigenvalue weighted by Gasteiger charge is -2.09. The summed E-state index contributed by atoms with van der Waals surface area (Å²) in [5.74, 6) is 0. The Balaban J connectivity index is 3.56. The van der Waals surface area contributed by atoms with Gasteiger partial charge in [0.2, 0.25) is 0 Å². The summed E-state index contributed by atoms with van der Waals surface area (Å²) in [5, 5.41) is 0. The van der Waals surface area contributed by atoms with Gasteiger partial charge >= 0.3 is 0 Å². The van der Waals surface area contributed by atoms with Crippen molar-refractivity contribution < 1.29 is 0 Å². The second-order valence-electron chi connectivity index (χ2n) is 1.49. The van der Waals surface area contributed by atoms with E-state index in [4.69, 9.17) is 11.6 Å². The third kappa shape index (κ3) is 2.52. The third-order valence-corrected chi connectivity index (χ3v) is 0.952. The molecule has 0 saturated carbocycles. The van der Waals surface area contributed by atoms with Crippen LogP contribution in [-0.4, -0.2) is 19.0 Å². The first-order valence-electron chi connectivity index (χ1n) is 1.98. The van der Waals surface area contributed by atoms with Gasteiger partial charge in [0.25, 0.3) is 0 Å². The van der Waals surface area contributed by atoms with E-state index < -0.39 is 0 Å².